The van der Waals surface area contributed by atoms with Gasteiger partial charge in [-0.3, -0.25) is 9.59 Å². The summed E-state index contributed by atoms with van der Waals surface area (Å²) in [5.41, 5.74) is -0.243. The van der Waals surface area contributed by atoms with Crippen molar-refractivity contribution in [2.75, 3.05) is 13.6 Å². The molecule has 0 aliphatic rings. The maximum absolute atomic E-state index is 12.2. The summed E-state index contributed by atoms with van der Waals surface area (Å²) in [7, 11) is 1.57. The van der Waals surface area contributed by atoms with Crippen molar-refractivity contribution in [2.45, 2.75) is 33.7 Å². The Morgan fingerprint density at radius 1 is 1.37 bits per heavy atom. The third kappa shape index (κ3) is 5.54. The molecule has 0 saturated heterocycles. The number of nitrogens with one attached hydrogen (secondary N) is 1. The summed E-state index contributed by atoms with van der Waals surface area (Å²) >= 11 is 0. The number of hydrogen-bond acceptors (Lipinski definition) is 3. The second-order valence-corrected chi connectivity index (χ2v) is 5.49. The van der Waals surface area contributed by atoms with Gasteiger partial charge in [0.25, 0.3) is 0 Å². The van der Waals surface area contributed by atoms with E-state index in [0.717, 1.165) is 0 Å². The van der Waals surface area contributed by atoms with Gasteiger partial charge >= 0.3 is 5.97 Å². The summed E-state index contributed by atoms with van der Waals surface area (Å²) in [6, 6.07) is -0.645. The highest BCUT2D eigenvalue weighted by Crippen LogP contribution is 2.20. The number of rotatable bonds is 6. The number of carbonyl (C=O) groups excluding carboxylic acids is 2. The highest BCUT2D eigenvalue weighted by Gasteiger charge is 2.32. The van der Waals surface area contributed by atoms with E-state index in [1.807, 2.05) is 20.8 Å². The quantitative estimate of drug-likeness (QED) is 0.547. The monoisotopic (exact) mass is 270 g/mol. The third-order valence-electron chi connectivity index (χ3n) is 2.73. The van der Waals surface area contributed by atoms with Crippen molar-refractivity contribution in [1.82, 2.24) is 10.2 Å². The Bertz CT molecular complexity index is 383. The summed E-state index contributed by atoms with van der Waals surface area (Å²) in [6.45, 7) is 7.18. The Morgan fingerprint density at radius 3 is 2.26 bits per heavy atom. The maximum atomic E-state index is 12.2. The molecule has 0 bridgehead atoms. The number of aliphatic carboxylic acids is 1. The molecule has 2 N–H and O–H groups in total. The van der Waals surface area contributed by atoms with E-state index in [-0.39, 0.29) is 18.0 Å². The van der Waals surface area contributed by atoms with Crippen molar-refractivity contribution < 1.29 is 19.5 Å². The molecule has 0 aromatic heterocycles. The fourth-order valence-electron chi connectivity index (χ4n) is 1.43. The van der Waals surface area contributed by atoms with Crippen LogP contribution in [-0.2, 0) is 14.4 Å². The molecule has 0 heterocycles. The minimum absolute atomic E-state index is 0.176. The molecule has 1 atom stereocenters. The first kappa shape index (κ1) is 17.2. The van der Waals surface area contributed by atoms with Crippen LogP contribution in [-0.4, -0.2) is 47.9 Å². The average molecular weight is 270 g/mol. The van der Waals surface area contributed by atoms with Crippen molar-refractivity contribution in [3.8, 4) is 0 Å². The Balaban J connectivity index is 4.83. The van der Waals surface area contributed by atoms with Crippen molar-refractivity contribution in [2.24, 2.45) is 5.41 Å². The van der Waals surface area contributed by atoms with Gasteiger partial charge in [0.2, 0.25) is 12.3 Å². The van der Waals surface area contributed by atoms with Gasteiger partial charge in [-0.15, -0.1) is 0 Å². The van der Waals surface area contributed by atoms with E-state index in [0.29, 0.717) is 6.41 Å². The van der Waals surface area contributed by atoms with Gasteiger partial charge in [-0.05, 0) is 12.3 Å². The van der Waals surface area contributed by atoms with Gasteiger partial charge in [0.05, 0.1) is 0 Å². The Kier molecular flexibility index (Phi) is 6.24. The molecular weight excluding hydrogens is 248 g/mol. The normalized spacial score (nSPS) is 13.6. The van der Waals surface area contributed by atoms with Gasteiger partial charge in [0, 0.05) is 19.2 Å². The van der Waals surface area contributed by atoms with E-state index < -0.39 is 17.4 Å². The van der Waals surface area contributed by atoms with Crippen LogP contribution < -0.4 is 5.32 Å². The smallest absolute Gasteiger partial charge is 0.331 e. The fourth-order valence-corrected chi connectivity index (χ4v) is 1.43. The first-order chi connectivity index (χ1) is 8.61. The van der Waals surface area contributed by atoms with Crippen molar-refractivity contribution in [1.29, 1.82) is 0 Å². The zero-order chi connectivity index (χ0) is 15.2. The lowest BCUT2D eigenvalue weighted by Crippen LogP contribution is -2.51. The minimum Gasteiger partial charge on any atom is -0.478 e. The molecule has 2 amide bonds. The van der Waals surface area contributed by atoms with Crippen LogP contribution in [0.15, 0.2) is 11.6 Å². The van der Waals surface area contributed by atoms with Crippen LogP contribution in [0, 0.1) is 5.41 Å². The fraction of sp³-hybridized carbons (Fsp3) is 0.615. The van der Waals surface area contributed by atoms with E-state index in [1.54, 1.807) is 7.05 Å². The zero-order valence-electron chi connectivity index (χ0n) is 12.1. The number of carboxylic acids is 1. The molecule has 0 rings (SSSR count). The lowest BCUT2D eigenvalue weighted by molar-refractivity contribution is -0.136. The molecule has 0 saturated carbocycles. The van der Waals surface area contributed by atoms with Crippen LogP contribution in [0.4, 0.5) is 0 Å². The minimum atomic E-state index is -1.01. The summed E-state index contributed by atoms with van der Waals surface area (Å²) in [4.78, 5) is 34.8. The van der Waals surface area contributed by atoms with Crippen LogP contribution in [0.25, 0.3) is 0 Å². The topological polar surface area (TPSA) is 86.7 Å². The van der Waals surface area contributed by atoms with Gasteiger partial charge in [-0.2, -0.15) is 0 Å². The van der Waals surface area contributed by atoms with Crippen LogP contribution in [0.1, 0.15) is 27.7 Å². The van der Waals surface area contributed by atoms with Crippen LogP contribution >= 0.6 is 0 Å². The molecule has 108 valence electrons. The number of nitrogens with zero attached hydrogens (tertiary/aromatic N) is 1. The predicted octanol–water partition coefficient (Wildman–Crippen LogP) is 0.636. The Morgan fingerprint density at radius 2 is 1.89 bits per heavy atom. The van der Waals surface area contributed by atoms with E-state index in [4.69, 9.17) is 5.11 Å². The lowest BCUT2D eigenvalue weighted by atomic mass is 9.86. The Labute approximate surface area is 113 Å². The van der Waals surface area contributed by atoms with Gasteiger partial charge in [-0.25, -0.2) is 4.79 Å². The summed E-state index contributed by atoms with van der Waals surface area (Å²) in [5.74, 6) is -1.27. The zero-order valence-corrected chi connectivity index (χ0v) is 12.1. The first-order valence-electron chi connectivity index (χ1n) is 5.96. The predicted molar refractivity (Wildman–Crippen MR) is 71.5 cm³/mol. The number of likely N-dealkylation sites (N-methyl/N-ethyl adjacent to an activating group) is 1. The van der Waals surface area contributed by atoms with Gasteiger partial charge in [0.15, 0.2) is 0 Å². The third-order valence-corrected chi connectivity index (χ3v) is 2.73. The van der Waals surface area contributed by atoms with Crippen LogP contribution in [0.5, 0.6) is 0 Å². The molecule has 0 aliphatic carbocycles. The summed E-state index contributed by atoms with van der Waals surface area (Å²) in [5, 5.41) is 11.2. The molecule has 0 aromatic rings. The number of carboxylic acid groups (broad SMARTS) is 1. The highest BCUT2D eigenvalue weighted by molar-refractivity contribution is 5.86. The maximum Gasteiger partial charge on any atom is 0.331 e. The first-order valence-corrected chi connectivity index (χ1v) is 5.96. The summed E-state index contributed by atoms with van der Waals surface area (Å²) < 4.78 is 0. The molecule has 0 unspecified atom stereocenters. The Hall–Kier alpha value is -1.85. The molecular formula is C13H22N2O4. The summed E-state index contributed by atoms with van der Waals surface area (Å²) in [6.07, 6.45) is 1.96. The highest BCUT2D eigenvalue weighted by atomic mass is 16.4. The molecule has 6 nitrogen and oxygen atoms in total. The van der Waals surface area contributed by atoms with Crippen molar-refractivity contribution >= 4 is 18.3 Å². The van der Waals surface area contributed by atoms with Crippen LogP contribution in [0.3, 0.4) is 0 Å². The largest absolute Gasteiger partial charge is 0.478 e. The number of hydrogen-bond donors (Lipinski definition) is 2. The standard InChI is InChI=1S/C13H22N2O4/c1-9(12(18)19)6-7-15(5)11(17)10(14-8-16)13(2,3)4/h6,8,10H,7H2,1-5H3,(H,14,16)(H,18,19)/b9-6+/t10-/m0/s1. The van der Waals surface area contributed by atoms with Gasteiger partial charge in [0.1, 0.15) is 6.04 Å². The molecule has 0 aliphatic heterocycles. The molecule has 19 heavy (non-hydrogen) atoms. The number of carbonyl (C=O) groups is 3. The average Bonchev–Trinajstić information content (AvgIpc) is 2.29. The molecule has 0 aromatic carbocycles. The van der Waals surface area contributed by atoms with Gasteiger partial charge < -0.3 is 15.3 Å². The second-order valence-electron chi connectivity index (χ2n) is 5.49. The molecule has 0 spiro atoms. The molecule has 0 fully saturated rings. The molecule has 0 radical (unpaired) electrons. The SMILES string of the molecule is C/C(=C\CN(C)C(=O)[C@H](NC=O)C(C)(C)C)C(=O)O. The van der Waals surface area contributed by atoms with E-state index in [2.05, 4.69) is 5.32 Å². The van der Waals surface area contributed by atoms with Gasteiger partial charge in [-0.1, -0.05) is 26.8 Å². The van der Waals surface area contributed by atoms with E-state index >= 15 is 0 Å². The number of amides is 2. The molecule has 6 heteroatoms. The van der Waals surface area contributed by atoms with Crippen LogP contribution in [0.2, 0.25) is 0 Å². The van der Waals surface area contributed by atoms with Crippen molar-refractivity contribution in [3.05, 3.63) is 11.6 Å². The lowest BCUT2D eigenvalue weighted by Gasteiger charge is -2.32. The second kappa shape index (κ2) is 6.92. The van der Waals surface area contributed by atoms with E-state index in [1.165, 1.54) is 17.9 Å². The van der Waals surface area contributed by atoms with E-state index in [9.17, 15) is 14.4 Å². The van der Waals surface area contributed by atoms with Crippen molar-refractivity contribution in [3.63, 3.8) is 0 Å².